The second-order valence-corrected chi connectivity index (χ2v) is 10.7. The number of aromatic nitrogens is 2. The second kappa shape index (κ2) is 8.99. The maximum absolute atomic E-state index is 13.2. The molecule has 5 nitrogen and oxygen atoms in total. The van der Waals surface area contributed by atoms with E-state index in [-0.39, 0.29) is 12.2 Å². The van der Waals surface area contributed by atoms with Crippen molar-refractivity contribution in [1.29, 1.82) is 5.26 Å². The molecule has 0 aliphatic rings. The molecule has 5 aromatic rings. The van der Waals surface area contributed by atoms with Crippen molar-refractivity contribution in [2.75, 3.05) is 0 Å². The molecule has 3 aromatic carbocycles. The van der Waals surface area contributed by atoms with Gasteiger partial charge in [0.2, 0.25) is 0 Å². The molecule has 0 amide bonds. The number of rotatable bonds is 4. The molecule has 2 aromatic heterocycles. The van der Waals surface area contributed by atoms with Gasteiger partial charge in [0.1, 0.15) is 12.4 Å². The van der Waals surface area contributed by atoms with E-state index in [1.807, 2.05) is 62.4 Å². The Labute approximate surface area is 216 Å². The Bertz CT molecular complexity index is 1730. The van der Waals surface area contributed by atoms with Gasteiger partial charge in [0, 0.05) is 5.56 Å². The molecule has 168 valence electrons. The zero-order valence-electron chi connectivity index (χ0n) is 18.2. The van der Waals surface area contributed by atoms with Crippen LogP contribution in [0.5, 0.6) is 5.75 Å². The summed E-state index contributed by atoms with van der Waals surface area (Å²) < 4.78 is 9.78. The van der Waals surface area contributed by atoms with Crippen molar-refractivity contribution in [2.24, 2.45) is 0 Å². The lowest BCUT2D eigenvalue weighted by atomic mass is 10.1. The fourth-order valence-corrected chi connectivity index (χ4v) is 6.21. The van der Waals surface area contributed by atoms with Crippen LogP contribution in [0.4, 0.5) is 0 Å². The molecular weight excluding hydrogens is 578 g/mol. The summed E-state index contributed by atoms with van der Waals surface area (Å²) in [6.45, 7) is 4.35. The van der Waals surface area contributed by atoms with E-state index in [2.05, 4.69) is 42.9 Å². The summed E-state index contributed by atoms with van der Waals surface area (Å²) in [6.07, 6.45) is 1.86. The number of ether oxygens (including phenoxy) is 1. The average molecular weight is 595 g/mol. The number of benzene rings is 3. The van der Waals surface area contributed by atoms with Crippen molar-refractivity contribution in [1.82, 2.24) is 9.38 Å². The number of nitrogens with zero attached hydrogens (tertiary/aromatic N) is 3. The van der Waals surface area contributed by atoms with Gasteiger partial charge >= 0.3 is 0 Å². The Kier molecular flexibility index (Phi) is 6.02. The Morgan fingerprint density at radius 1 is 1.12 bits per heavy atom. The van der Waals surface area contributed by atoms with E-state index in [9.17, 15) is 10.1 Å². The van der Waals surface area contributed by atoms with Gasteiger partial charge in [-0.15, -0.1) is 0 Å². The Morgan fingerprint density at radius 2 is 1.82 bits per heavy atom. The molecule has 0 saturated heterocycles. The first-order valence-electron chi connectivity index (χ1n) is 10.4. The molecule has 0 aliphatic heterocycles. The lowest BCUT2D eigenvalue weighted by Gasteiger charge is -2.12. The third-order valence-corrected chi connectivity index (χ3v) is 7.83. The van der Waals surface area contributed by atoms with E-state index in [1.54, 1.807) is 10.5 Å². The molecule has 0 unspecified atom stereocenters. The van der Waals surface area contributed by atoms with Gasteiger partial charge in [-0.2, -0.15) is 5.26 Å². The summed E-state index contributed by atoms with van der Waals surface area (Å²) in [5.41, 5.74) is 6.13. The summed E-state index contributed by atoms with van der Waals surface area (Å²) >= 11 is 8.54. The number of fused-ring (bicyclic) bond motifs is 3. The third kappa shape index (κ3) is 4.05. The number of imidazole rings is 1. The highest BCUT2D eigenvalue weighted by Gasteiger charge is 2.14. The van der Waals surface area contributed by atoms with Crippen molar-refractivity contribution < 1.29 is 4.74 Å². The quantitative estimate of drug-likeness (QED) is 0.254. The molecule has 0 atom stereocenters. The van der Waals surface area contributed by atoms with Crippen LogP contribution in [0.2, 0.25) is 0 Å². The Balaban J connectivity index is 1.51. The van der Waals surface area contributed by atoms with E-state index in [4.69, 9.17) is 4.74 Å². The molecule has 0 bridgehead atoms. The Morgan fingerprint density at radius 3 is 2.56 bits per heavy atom. The molecule has 0 saturated carbocycles. The normalized spacial score (nSPS) is 11.9. The van der Waals surface area contributed by atoms with E-state index in [0.717, 1.165) is 42.2 Å². The average Bonchev–Trinajstić information content (AvgIpc) is 3.29. The van der Waals surface area contributed by atoms with Gasteiger partial charge in [0.25, 0.3) is 5.56 Å². The maximum atomic E-state index is 13.2. The number of aryl methyl sites for hydroxylation is 2. The second-order valence-electron chi connectivity index (χ2n) is 7.94. The van der Waals surface area contributed by atoms with Gasteiger partial charge in [-0.1, -0.05) is 29.5 Å². The van der Waals surface area contributed by atoms with Crippen LogP contribution in [0.1, 0.15) is 27.8 Å². The molecule has 0 spiro atoms. The summed E-state index contributed by atoms with van der Waals surface area (Å²) in [5.74, 6) is 0.630. The first-order chi connectivity index (χ1) is 16.4. The zero-order valence-corrected chi connectivity index (χ0v) is 22.2. The number of hydrogen-bond donors (Lipinski definition) is 0. The highest BCUT2D eigenvalue weighted by molar-refractivity contribution is 9.11. The van der Waals surface area contributed by atoms with Gasteiger partial charge in [-0.25, -0.2) is 9.38 Å². The highest BCUT2D eigenvalue weighted by atomic mass is 79.9. The van der Waals surface area contributed by atoms with E-state index in [1.165, 1.54) is 11.3 Å². The van der Waals surface area contributed by atoms with Crippen LogP contribution in [0, 0.1) is 25.2 Å². The number of nitriles is 1. The number of thiazole rings is 1. The van der Waals surface area contributed by atoms with Crippen LogP contribution in [0.25, 0.3) is 22.1 Å². The fraction of sp³-hybridized carbons (Fsp3) is 0.115. The van der Waals surface area contributed by atoms with E-state index >= 15 is 0 Å². The molecule has 0 N–H and O–H groups in total. The topological polar surface area (TPSA) is 67.4 Å². The molecule has 0 aliphatic carbocycles. The van der Waals surface area contributed by atoms with E-state index in [0.29, 0.717) is 20.8 Å². The molecule has 0 radical (unpaired) electrons. The van der Waals surface area contributed by atoms with Crippen LogP contribution in [-0.4, -0.2) is 9.38 Å². The fourth-order valence-electron chi connectivity index (χ4n) is 3.78. The first-order valence-corrected chi connectivity index (χ1v) is 12.8. The monoisotopic (exact) mass is 593 g/mol. The molecule has 0 fully saturated rings. The molecule has 34 heavy (non-hydrogen) atoms. The van der Waals surface area contributed by atoms with Gasteiger partial charge in [0.05, 0.1) is 36.1 Å². The molecular formula is C26H17Br2N3O2S. The van der Waals surface area contributed by atoms with Gasteiger partial charge in [-0.3, -0.25) is 4.79 Å². The van der Waals surface area contributed by atoms with Crippen molar-refractivity contribution in [3.63, 3.8) is 0 Å². The van der Waals surface area contributed by atoms with Crippen LogP contribution < -0.4 is 14.8 Å². The summed E-state index contributed by atoms with van der Waals surface area (Å²) in [7, 11) is 0. The maximum Gasteiger partial charge on any atom is 0.274 e. The lowest BCUT2D eigenvalue weighted by Crippen LogP contribution is -2.22. The standard InChI is InChI=1S/C26H17Br2N3O2S/c1-14-7-21-22(8-15(14)2)31-25(32)23(34-26(31)30-21)11-16-9-19(27)24(20(28)10-16)33-13-18-6-4-3-5-17(18)12-29/h3-11H,13H2,1-2H3/b23-11-. The third-order valence-electron chi connectivity index (χ3n) is 5.68. The summed E-state index contributed by atoms with van der Waals surface area (Å²) in [5, 5.41) is 9.29. The largest absolute Gasteiger partial charge is 0.486 e. The predicted molar refractivity (Wildman–Crippen MR) is 142 cm³/mol. The van der Waals surface area contributed by atoms with Crippen molar-refractivity contribution in [2.45, 2.75) is 20.5 Å². The van der Waals surface area contributed by atoms with Crippen LogP contribution >= 0.6 is 43.2 Å². The summed E-state index contributed by atoms with van der Waals surface area (Å²) in [4.78, 5) is 18.5. The molecule has 8 heteroatoms. The minimum Gasteiger partial charge on any atom is -0.486 e. The number of hydrogen-bond acceptors (Lipinski definition) is 5. The minimum absolute atomic E-state index is 0.0774. The smallest absolute Gasteiger partial charge is 0.274 e. The van der Waals surface area contributed by atoms with Crippen LogP contribution in [0.3, 0.4) is 0 Å². The van der Waals surface area contributed by atoms with E-state index < -0.39 is 0 Å². The highest BCUT2D eigenvalue weighted by Crippen LogP contribution is 2.35. The lowest BCUT2D eigenvalue weighted by molar-refractivity contribution is 0.302. The van der Waals surface area contributed by atoms with Crippen molar-refractivity contribution >= 4 is 65.3 Å². The molecule has 2 heterocycles. The minimum atomic E-state index is -0.0774. The van der Waals surface area contributed by atoms with Gasteiger partial charge < -0.3 is 4.74 Å². The Hall–Kier alpha value is -2.99. The SMILES string of the molecule is Cc1cc2nc3s/c(=C\c4cc(Br)c(OCc5ccccc5C#N)c(Br)c4)c(=O)n3c2cc1C. The van der Waals surface area contributed by atoms with Gasteiger partial charge in [-0.05, 0) is 98.8 Å². The van der Waals surface area contributed by atoms with Crippen molar-refractivity contribution in [3.05, 3.63) is 100 Å². The van der Waals surface area contributed by atoms with Crippen LogP contribution in [0.15, 0.2) is 62.3 Å². The zero-order chi connectivity index (χ0) is 24.0. The predicted octanol–water partition coefficient (Wildman–Crippen LogP) is 6.05. The summed E-state index contributed by atoms with van der Waals surface area (Å²) in [6, 6.07) is 17.4. The number of halogens is 2. The van der Waals surface area contributed by atoms with Crippen LogP contribution in [-0.2, 0) is 6.61 Å². The first kappa shape index (κ1) is 22.8. The van der Waals surface area contributed by atoms with Crippen molar-refractivity contribution in [3.8, 4) is 11.8 Å². The van der Waals surface area contributed by atoms with Gasteiger partial charge in [0.15, 0.2) is 4.96 Å². The molecule has 5 rings (SSSR count).